The predicted molar refractivity (Wildman–Crippen MR) is 148 cm³/mol. The van der Waals surface area contributed by atoms with E-state index in [9.17, 15) is 9.59 Å². The highest BCUT2D eigenvalue weighted by Gasteiger charge is 2.37. The van der Waals surface area contributed by atoms with Crippen LogP contribution >= 0.6 is 11.6 Å². The van der Waals surface area contributed by atoms with Crippen LogP contribution in [-0.4, -0.2) is 25.2 Å². The number of fused-ring (bicyclic) bond motifs is 1. The number of hydrogen-bond acceptors (Lipinski definition) is 4. The Hall–Kier alpha value is -3.05. The lowest BCUT2D eigenvalue weighted by molar-refractivity contribution is -0.143. The molecule has 0 saturated heterocycles. The van der Waals surface area contributed by atoms with Crippen LogP contribution in [0.25, 0.3) is 10.8 Å². The van der Waals surface area contributed by atoms with Crippen LogP contribution in [0.1, 0.15) is 69.6 Å². The van der Waals surface area contributed by atoms with E-state index in [0.717, 1.165) is 47.6 Å². The Labute approximate surface area is 224 Å². The number of nitrogens with one attached hydrogen (secondary N) is 1. The average molecular weight is 522 g/mol. The molecule has 6 heteroatoms. The number of rotatable bonds is 8. The van der Waals surface area contributed by atoms with E-state index in [2.05, 4.69) is 17.4 Å². The van der Waals surface area contributed by atoms with Crippen molar-refractivity contribution >= 4 is 34.4 Å². The van der Waals surface area contributed by atoms with E-state index in [1.54, 1.807) is 0 Å². The van der Waals surface area contributed by atoms with Crippen molar-refractivity contribution in [2.45, 2.75) is 69.9 Å². The Bertz CT molecular complexity index is 1230. The zero-order chi connectivity index (χ0) is 26.4. The van der Waals surface area contributed by atoms with Crippen LogP contribution in [0.4, 0.5) is 4.79 Å². The van der Waals surface area contributed by atoms with Gasteiger partial charge in [0.2, 0.25) is 0 Å². The van der Waals surface area contributed by atoms with Gasteiger partial charge in [-0.05, 0) is 52.4 Å². The van der Waals surface area contributed by atoms with Gasteiger partial charge in [-0.15, -0.1) is 0 Å². The van der Waals surface area contributed by atoms with Crippen LogP contribution in [-0.2, 0) is 19.7 Å². The summed E-state index contributed by atoms with van der Waals surface area (Å²) in [5.41, 5.74) is 1.19. The number of hydrogen-bond donors (Lipinski definition) is 1. The molecule has 0 aromatic heterocycles. The molecule has 1 fully saturated rings. The van der Waals surface area contributed by atoms with Gasteiger partial charge in [-0.3, -0.25) is 0 Å². The lowest BCUT2D eigenvalue weighted by Crippen LogP contribution is -2.44. The largest absolute Gasteiger partial charge is 0.467 e. The number of carbonyl (C=O) groups is 2. The molecule has 1 amide bonds. The second-order valence-corrected chi connectivity index (χ2v) is 11.0. The van der Waals surface area contributed by atoms with Crippen molar-refractivity contribution in [3.8, 4) is 0 Å². The summed E-state index contributed by atoms with van der Waals surface area (Å²) in [5.74, 6) is -0.0591. The highest BCUT2D eigenvalue weighted by Crippen LogP contribution is 2.41. The predicted octanol–water partition coefficient (Wildman–Crippen LogP) is 7.75. The molecule has 1 unspecified atom stereocenters. The van der Waals surface area contributed by atoms with E-state index in [0.29, 0.717) is 17.4 Å². The van der Waals surface area contributed by atoms with Gasteiger partial charge in [0.1, 0.15) is 12.1 Å². The van der Waals surface area contributed by atoms with Crippen molar-refractivity contribution < 1.29 is 19.1 Å². The third-order valence-corrected chi connectivity index (χ3v) is 7.83. The number of methoxy groups -OCH3 is 1. The molecule has 0 aliphatic heterocycles. The molecule has 1 saturated carbocycles. The SMILES string of the molecule is COC(=O)[C@H](CC1CCCCC1)NC(=O)OC(c1ccc2ccccc2c1)C(C)(C)c1cccc(Cl)c1. The fraction of sp³-hybridized carbons (Fsp3) is 0.419. The van der Waals surface area contributed by atoms with Crippen molar-refractivity contribution in [1.29, 1.82) is 0 Å². The minimum atomic E-state index is -0.743. The normalized spacial score (nSPS) is 16.1. The van der Waals surface area contributed by atoms with Crippen molar-refractivity contribution in [3.05, 3.63) is 82.9 Å². The Kier molecular flexibility index (Phi) is 8.75. The molecular formula is C31H36ClNO4. The van der Waals surface area contributed by atoms with Crippen LogP contribution in [0.15, 0.2) is 66.7 Å². The first-order valence-corrected chi connectivity index (χ1v) is 13.5. The molecule has 1 aliphatic rings. The molecule has 3 aromatic carbocycles. The van der Waals surface area contributed by atoms with E-state index in [1.807, 2.05) is 68.4 Å². The maximum Gasteiger partial charge on any atom is 0.408 e. The Morgan fingerprint density at radius 3 is 2.41 bits per heavy atom. The lowest BCUT2D eigenvalue weighted by atomic mass is 9.76. The molecule has 4 rings (SSSR count). The van der Waals surface area contributed by atoms with Gasteiger partial charge in [0.25, 0.3) is 0 Å². The molecular weight excluding hydrogens is 486 g/mol. The highest BCUT2D eigenvalue weighted by molar-refractivity contribution is 6.30. The molecule has 0 spiro atoms. The molecule has 5 nitrogen and oxygen atoms in total. The van der Waals surface area contributed by atoms with Gasteiger partial charge in [0.15, 0.2) is 0 Å². The Morgan fingerprint density at radius 2 is 1.70 bits per heavy atom. The topological polar surface area (TPSA) is 64.6 Å². The second-order valence-electron chi connectivity index (χ2n) is 10.6. The van der Waals surface area contributed by atoms with E-state index in [1.165, 1.54) is 13.5 Å². The van der Waals surface area contributed by atoms with Crippen LogP contribution < -0.4 is 5.32 Å². The van der Waals surface area contributed by atoms with Crippen LogP contribution in [0, 0.1) is 5.92 Å². The lowest BCUT2D eigenvalue weighted by Gasteiger charge is -2.35. The molecule has 1 aliphatic carbocycles. The summed E-state index contributed by atoms with van der Waals surface area (Å²) in [6.07, 6.45) is 4.93. The van der Waals surface area contributed by atoms with Gasteiger partial charge in [-0.1, -0.05) is 106 Å². The standard InChI is InChI=1S/C31H36ClNO4/c1-31(2,25-14-9-15-26(32)20-25)28(24-17-16-22-12-7-8-13-23(22)19-24)37-30(35)33-27(29(34)36-3)18-21-10-5-4-6-11-21/h7-9,12-17,19-21,27-28H,4-6,10-11,18H2,1-3H3,(H,33,35)/t27-,28?/m0/s1. The van der Waals surface area contributed by atoms with E-state index in [-0.39, 0.29) is 0 Å². The molecule has 0 bridgehead atoms. The maximum atomic E-state index is 13.3. The Balaban J connectivity index is 1.63. The monoisotopic (exact) mass is 521 g/mol. The second kappa shape index (κ2) is 12.0. The van der Waals surface area contributed by atoms with Gasteiger partial charge in [-0.2, -0.15) is 0 Å². The number of esters is 1. The van der Waals surface area contributed by atoms with E-state index < -0.39 is 29.6 Å². The van der Waals surface area contributed by atoms with E-state index in [4.69, 9.17) is 21.1 Å². The highest BCUT2D eigenvalue weighted by atomic mass is 35.5. The number of ether oxygens (including phenoxy) is 2. The summed E-state index contributed by atoms with van der Waals surface area (Å²) < 4.78 is 11.2. The number of amides is 1. The molecule has 2 atom stereocenters. The van der Waals surface area contributed by atoms with Crippen LogP contribution in [0.2, 0.25) is 5.02 Å². The van der Waals surface area contributed by atoms with Crippen molar-refractivity contribution in [3.63, 3.8) is 0 Å². The van der Waals surface area contributed by atoms with Crippen molar-refractivity contribution in [2.75, 3.05) is 7.11 Å². The molecule has 0 radical (unpaired) electrons. The maximum absolute atomic E-state index is 13.3. The van der Waals surface area contributed by atoms with Crippen LogP contribution in [0.5, 0.6) is 0 Å². The van der Waals surface area contributed by atoms with Crippen molar-refractivity contribution in [2.24, 2.45) is 5.92 Å². The quantitative estimate of drug-likeness (QED) is 0.308. The number of carbonyl (C=O) groups excluding carboxylic acids is 2. The summed E-state index contributed by atoms with van der Waals surface area (Å²) in [5, 5.41) is 5.60. The third kappa shape index (κ3) is 6.64. The zero-order valence-corrected chi connectivity index (χ0v) is 22.6. The average Bonchev–Trinajstić information content (AvgIpc) is 2.91. The zero-order valence-electron chi connectivity index (χ0n) is 21.8. The van der Waals surface area contributed by atoms with Gasteiger partial charge < -0.3 is 14.8 Å². The molecule has 0 heterocycles. The fourth-order valence-corrected chi connectivity index (χ4v) is 5.63. The van der Waals surface area contributed by atoms with Gasteiger partial charge >= 0.3 is 12.1 Å². The van der Waals surface area contributed by atoms with Gasteiger partial charge in [0.05, 0.1) is 7.11 Å². The van der Waals surface area contributed by atoms with Crippen LogP contribution in [0.3, 0.4) is 0 Å². The number of alkyl carbamates (subject to hydrolysis) is 1. The molecule has 37 heavy (non-hydrogen) atoms. The third-order valence-electron chi connectivity index (χ3n) is 7.60. The molecule has 196 valence electrons. The summed E-state index contributed by atoms with van der Waals surface area (Å²) in [4.78, 5) is 25.9. The smallest absolute Gasteiger partial charge is 0.408 e. The first-order chi connectivity index (χ1) is 17.8. The Morgan fingerprint density at radius 1 is 0.973 bits per heavy atom. The fourth-order valence-electron chi connectivity index (χ4n) is 5.44. The first kappa shape index (κ1) is 27.0. The number of benzene rings is 3. The van der Waals surface area contributed by atoms with Gasteiger partial charge in [0, 0.05) is 10.4 Å². The van der Waals surface area contributed by atoms with E-state index >= 15 is 0 Å². The number of halogens is 1. The minimum Gasteiger partial charge on any atom is -0.467 e. The minimum absolute atomic E-state index is 0.386. The molecule has 3 aromatic rings. The van der Waals surface area contributed by atoms with Gasteiger partial charge in [-0.25, -0.2) is 9.59 Å². The first-order valence-electron chi connectivity index (χ1n) is 13.1. The molecule has 1 N–H and O–H groups in total. The van der Waals surface area contributed by atoms with Crippen molar-refractivity contribution in [1.82, 2.24) is 5.32 Å². The summed E-state index contributed by atoms with van der Waals surface area (Å²) >= 11 is 6.33. The summed E-state index contributed by atoms with van der Waals surface area (Å²) in [6.45, 7) is 4.07. The summed E-state index contributed by atoms with van der Waals surface area (Å²) in [6, 6.07) is 21.0. The summed E-state index contributed by atoms with van der Waals surface area (Å²) in [7, 11) is 1.35.